The Morgan fingerprint density at radius 3 is 2.66 bits per heavy atom. The highest BCUT2D eigenvalue weighted by molar-refractivity contribution is 7.90. The number of carboxylic acids is 1. The molecule has 0 amide bonds. The van der Waals surface area contributed by atoms with Gasteiger partial charge >= 0.3 is 21.5 Å². The molecule has 2 aliphatic heterocycles. The van der Waals surface area contributed by atoms with Crippen LogP contribution in [-0.4, -0.2) is 62.6 Å². The second kappa shape index (κ2) is 7.23. The molecule has 15 heteroatoms. The molecule has 1 fully saturated rings. The van der Waals surface area contributed by atoms with Crippen molar-refractivity contribution in [2.75, 3.05) is 36.8 Å². The molecule has 3 heterocycles. The number of carboxylic acid groups (broad SMARTS) is 1. The van der Waals surface area contributed by atoms with E-state index in [4.69, 9.17) is 4.74 Å². The quantitative estimate of drug-likeness (QED) is 0.616. The molecule has 10 nitrogen and oxygen atoms in total. The topological polar surface area (TPSA) is 121 Å². The van der Waals surface area contributed by atoms with Gasteiger partial charge in [-0.15, -0.1) is 0 Å². The van der Waals surface area contributed by atoms with Crippen molar-refractivity contribution in [3.63, 3.8) is 0 Å². The molecule has 0 unspecified atom stereocenters. The first-order chi connectivity index (χ1) is 14.8. The molecule has 0 radical (unpaired) electrons. The summed E-state index contributed by atoms with van der Waals surface area (Å²) < 4.78 is 84.3. The zero-order chi connectivity index (χ0) is 23.6. The van der Waals surface area contributed by atoms with Crippen molar-refractivity contribution < 1.29 is 40.6 Å². The summed E-state index contributed by atoms with van der Waals surface area (Å²) in [7, 11) is -4.04. The molecule has 0 bridgehead atoms. The van der Waals surface area contributed by atoms with Crippen molar-refractivity contribution >= 4 is 32.6 Å². The summed E-state index contributed by atoms with van der Waals surface area (Å²) in [4.78, 5) is 25.3. The highest BCUT2D eigenvalue weighted by Crippen LogP contribution is 2.41. The van der Waals surface area contributed by atoms with E-state index in [1.807, 2.05) is 0 Å². The van der Waals surface area contributed by atoms with Crippen molar-refractivity contribution in [2.24, 2.45) is 0 Å². The molecule has 1 aromatic heterocycles. The number of anilines is 1. The maximum atomic E-state index is 15.1. The smallest absolute Gasteiger partial charge is 0.477 e. The lowest BCUT2D eigenvalue weighted by Crippen LogP contribution is -2.44. The van der Waals surface area contributed by atoms with Gasteiger partial charge in [0, 0.05) is 32.4 Å². The Morgan fingerprint density at radius 2 is 2.03 bits per heavy atom. The summed E-state index contributed by atoms with van der Waals surface area (Å²) in [6.07, 6.45) is 1.04. The van der Waals surface area contributed by atoms with Crippen molar-refractivity contribution in [3.05, 3.63) is 33.9 Å². The van der Waals surface area contributed by atoms with Crippen molar-refractivity contribution in [1.29, 1.82) is 0 Å². The van der Waals surface area contributed by atoms with Gasteiger partial charge in [0.2, 0.25) is 5.43 Å². The average molecular weight is 480 g/mol. The van der Waals surface area contributed by atoms with E-state index in [1.54, 1.807) is 11.8 Å². The van der Waals surface area contributed by atoms with E-state index in [-0.39, 0.29) is 48.6 Å². The Hall–Kier alpha value is -3.07. The number of aromatic carboxylic acids is 1. The number of benzene rings is 1. The van der Waals surface area contributed by atoms with Crippen LogP contribution >= 0.6 is 0 Å². The summed E-state index contributed by atoms with van der Waals surface area (Å²) >= 11 is 0. The second-order valence-electron chi connectivity index (χ2n) is 7.38. The van der Waals surface area contributed by atoms with Crippen LogP contribution < -0.4 is 24.8 Å². The maximum Gasteiger partial charge on any atom is 0.511 e. The summed E-state index contributed by atoms with van der Waals surface area (Å²) in [5.41, 5.74) is -7.05. The number of pyridine rings is 1. The van der Waals surface area contributed by atoms with Crippen LogP contribution in [-0.2, 0) is 10.0 Å². The van der Waals surface area contributed by atoms with Crippen LogP contribution in [0.15, 0.2) is 17.1 Å². The van der Waals surface area contributed by atoms with Crippen LogP contribution in [0, 0.1) is 5.82 Å². The first-order valence-corrected chi connectivity index (χ1v) is 10.6. The minimum atomic E-state index is -5.58. The number of carbonyl (C=O) groups is 1. The highest BCUT2D eigenvalue weighted by atomic mass is 32.2. The second-order valence-corrected chi connectivity index (χ2v) is 9.09. The normalized spacial score (nSPS) is 18.8. The van der Waals surface area contributed by atoms with E-state index in [1.165, 1.54) is 14.6 Å². The van der Waals surface area contributed by atoms with Crippen LogP contribution in [0.4, 0.5) is 23.2 Å². The minimum Gasteiger partial charge on any atom is -0.477 e. The standard InChI is InChI=1S/C17H16F4N4O6S/c1-23-7-31-15-12-9(14(26)10(16(27)28)6-25(12)23)4-11(18)13(15)24-3-2-8(5-24)22-32(29,30)17(19,20)21/h4,6,8,22H,2-3,5,7H2,1H3,(H,27,28)/t8-/m0/s1. The lowest BCUT2D eigenvalue weighted by Gasteiger charge is -2.33. The number of alkyl halides is 3. The number of hydrogen-bond donors (Lipinski definition) is 2. The van der Waals surface area contributed by atoms with E-state index in [0.717, 1.165) is 12.3 Å². The molecule has 1 saturated heterocycles. The van der Waals surface area contributed by atoms with E-state index in [0.29, 0.717) is 0 Å². The highest BCUT2D eigenvalue weighted by Gasteiger charge is 2.47. The van der Waals surface area contributed by atoms with Crippen molar-refractivity contribution in [2.45, 2.75) is 18.0 Å². The predicted octanol–water partition coefficient (Wildman–Crippen LogP) is 0.774. The lowest BCUT2D eigenvalue weighted by molar-refractivity contribution is -0.0450. The van der Waals surface area contributed by atoms with Crippen LogP contribution in [0.3, 0.4) is 0 Å². The fourth-order valence-electron chi connectivity index (χ4n) is 3.82. The summed E-state index contributed by atoms with van der Waals surface area (Å²) in [6.45, 7) is -0.406. The van der Waals surface area contributed by atoms with Crippen LogP contribution in [0.2, 0.25) is 0 Å². The van der Waals surface area contributed by atoms with Gasteiger partial charge in [-0.2, -0.15) is 13.2 Å². The molecule has 32 heavy (non-hydrogen) atoms. The van der Waals surface area contributed by atoms with Crippen LogP contribution in [0.5, 0.6) is 5.75 Å². The molecular weight excluding hydrogens is 464 g/mol. The van der Waals surface area contributed by atoms with Gasteiger partial charge < -0.3 is 14.7 Å². The number of aromatic nitrogens is 1. The number of sulfonamides is 1. The average Bonchev–Trinajstić information content (AvgIpc) is 3.11. The molecular formula is C17H16F4N4O6S. The summed E-state index contributed by atoms with van der Waals surface area (Å²) in [5, 5.41) is 10.5. The number of halogens is 4. The third kappa shape index (κ3) is 3.40. The van der Waals surface area contributed by atoms with Crippen molar-refractivity contribution in [1.82, 2.24) is 9.40 Å². The molecule has 4 rings (SSSR count). The monoisotopic (exact) mass is 480 g/mol. The van der Waals surface area contributed by atoms with Gasteiger partial charge in [-0.3, -0.25) is 14.5 Å². The van der Waals surface area contributed by atoms with E-state index in [2.05, 4.69) is 0 Å². The zero-order valence-corrected chi connectivity index (χ0v) is 17.1. The lowest BCUT2D eigenvalue weighted by atomic mass is 10.1. The van der Waals surface area contributed by atoms with E-state index < -0.39 is 44.4 Å². The van der Waals surface area contributed by atoms with Gasteiger partial charge in [0.25, 0.3) is 0 Å². The first-order valence-electron chi connectivity index (χ1n) is 9.14. The first kappa shape index (κ1) is 22.1. The fourth-order valence-corrected chi connectivity index (χ4v) is 4.58. The van der Waals surface area contributed by atoms with Crippen LogP contribution in [0.25, 0.3) is 10.9 Å². The molecule has 0 spiro atoms. The van der Waals surface area contributed by atoms with Gasteiger partial charge in [0.05, 0.1) is 5.39 Å². The van der Waals surface area contributed by atoms with Gasteiger partial charge in [0.15, 0.2) is 18.3 Å². The SMILES string of the molecule is CN1COc2c(N3CC[C@H](NS(=O)(=O)C(F)(F)F)C3)c(F)cc3c(=O)c(C(=O)O)cn1c23. The molecule has 2 N–H and O–H groups in total. The maximum absolute atomic E-state index is 15.1. The number of nitrogens with one attached hydrogen (secondary N) is 1. The minimum absolute atomic E-state index is 0.0110. The van der Waals surface area contributed by atoms with Gasteiger partial charge in [0.1, 0.15) is 16.8 Å². The Bertz CT molecular complexity index is 1290. The van der Waals surface area contributed by atoms with Gasteiger partial charge in [-0.25, -0.2) is 22.3 Å². The molecule has 174 valence electrons. The number of hydrogen-bond acceptors (Lipinski definition) is 7. The number of ether oxygens (including phenoxy) is 1. The van der Waals surface area contributed by atoms with Gasteiger partial charge in [-0.05, 0) is 12.5 Å². The molecule has 1 aromatic carbocycles. The predicted molar refractivity (Wildman–Crippen MR) is 103 cm³/mol. The van der Waals surface area contributed by atoms with E-state index in [9.17, 15) is 36.3 Å². The number of nitrogens with zero attached hydrogens (tertiary/aromatic N) is 3. The summed E-state index contributed by atoms with van der Waals surface area (Å²) in [5.74, 6) is -2.54. The van der Waals surface area contributed by atoms with Crippen molar-refractivity contribution in [3.8, 4) is 5.75 Å². The third-order valence-electron chi connectivity index (χ3n) is 5.28. The molecule has 2 aliphatic rings. The van der Waals surface area contributed by atoms with E-state index >= 15 is 4.39 Å². The fraction of sp³-hybridized carbons (Fsp3) is 0.412. The largest absolute Gasteiger partial charge is 0.511 e. The van der Waals surface area contributed by atoms with Crippen LogP contribution in [0.1, 0.15) is 16.8 Å². The molecule has 0 saturated carbocycles. The third-order valence-corrected chi connectivity index (χ3v) is 6.53. The Kier molecular flexibility index (Phi) is 5.00. The Morgan fingerprint density at radius 1 is 1.34 bits per heavy atom. The number of rotatable bonds is 4. The zero-order valence-electron chi connectivity index (χ0n) is 16.3. The Balaban J connectivity index is 1.79. The Labute approximate surface area is 177 Å². The summed E-state index contributed by atoms with van der Waals surface area (Å²) in [6, 6.07) is -0.290. The molecule has 0 aliphatic carbocycles. The molecule has 2 aromatic rings. The van der Waals surface area contributed by atoms with Gasteiger partial charge in [-0.1, -0.05) is 0 Å². The molecule has 1 atom stereocenters.